The van der Waals surface area contributed by atoms with Gasteiger partial charge < -0.3 is 9.47 Å². The fourth-order valence-electron chi connectivity index (χ4n) is 5.09. The third-order valence-electron chi connectivity index (χ3n) is 6.65. The minimum absolute atomic E-state index is 0.00446. The number of carbonyl (C=O) groups excluding carboxylic acids is 1. The quantitative estimate of drug-likeness (QED) is 0.217. The van der Waals surface area contributed by atoms with Crippen LogP contribution in [0.3, 0.4) is 0 Å². The van der Waals surface area contributed by atoms with Crippen LogP contribution in [0.4, 0.5) is 0 Å². The van der Waals surface area contributed by atoms with E-state index in [9.17, 15) is 4.79 Å². The lowest BCUT2D eigenvalue weighted by molar-refractivity contribution is -0.126. The minimum atomic E-state index is -0.0281. The van der Waals surface area contributed by atoms with Crippen molar-refractivity contribution in [2.75, 3.05) is 6.54 Å². The van der Waals surface area contributed by atoms with Gasteiger partial charge in [-0.05, 0) is 49.1 Å². The summed E-state index contributed by atoms with van der Waals surface area (Å²) in [5.74, 6) is 6.32. The van der Waals surface area contributed by atoms with Crippen molar-refractivity contribution in [3.05, 3.63) is 101 Å². The maximum Gasteiger partial charge on any atom is 0.247 e. The van der Waals surface area contributed by atoms with E-state index >= 15 is 0 Å². The summed E-state index contributed by atoms with van der Waals surface area (Å²) < 4.78 is 2.31. The monoisotopic (exact) mass is 478 g/mol. The van der Waals surface area contributed by atoms with E-state index in [1.807, 2.05) is 48.2 Å². The first-order valence-corrected chi connectivity index (χ1v) is 12.4. The normalized spacial score (nSPS) is 15.5. The highest BCUT2D eigenvalue weighted by Gasteiger charge is 2.34. The first-order valence-electron chi connectivity index (χ1n) is 12.0. The van der Waals surface area contributed by atoms with E-state index in [1.165, 1.54) is 10.9 Å². The highest BCUT2D eigenvalue weighted by atomic mass is 35.5. The molecule has 1 saturated heterocycles. The molecule has 0 bridgehead atoms. The molecule has 35 heavy (non-hydrogen) atoms. The van der Waals surface area contributed by atoms with Gasteiger partial charge in [0.2, 0.25) is 5.91 Å². The molecule has 2 heterocycles. The van der Waals surface area contributed by atoms with Crippen molar-refractivity contribution in [3.63, 3.8) is 0 Å². The molecule has 4 heteroatoms. The van der Waals surface area contributed by atoms with Gasteiger partial charge in [-0.1, -0.05) is 84.3 Å². The second kappa shape index (κ2) is 10.3. The van der Waals surface area contributed by atoms with Crippen molar-refractivity contribution in [1.82, 2.24) is 9.47 Å². The van der Waals surface area contributed by atoms with Crippen LogP contribution in [0.15, 0.2) is 84.9 Å². The number of benzene rings is 3. The van der Waals surface area contributed by atoms with E-state index in [0.717, 1.165) is 41.7 Å². The summed E-state index contributed by atoms with van der Waals surface area (Å²) in [7, 11) is 0. The fourth-order valence-corrected chi connectivity index (χ4v) is 5.29. The summed E-state index contributed by atoms with van der Waals surface area (Å²) in [6.45, 7) is 3.19. The predicted molar refractivity (Wildman–Crippen MR) is 145 cm³/mol. The van der Waals surface area contributed by atoms with E-state index in [-0.39, 0.29) is 11.9 Å². The predicted octanol–water partition coefficient (Wildman–Crippen LogP) is 7.36. The first kappa shape index (κ1) is 23.0. The fraction of sp³-hybridized carbons (Fsp3) is 0.194. The summed E-state index contributed by atoms with van der Waals surface area (Å²) in [4.78, 5) is 15.5. The van der Waals surface area contributed by atoms with Gasteiger partial charge in [0, 0.05) is 34.1 Å². The zero-order chi connectivity index (χ0) is 24.2. The van der Waals surface area contributed by atoms with Gasteiger partial charge in [0.25, 0.3) is 0 Å². The molecule has 3 nitrogen and oxygen atoms in total. The van der Waals surface area contributed by atoms with Crippen molar-refractivity contribution in [1.29, 1.82) is 0 Å². The van der Waals surface area contributed by atoms with Gasteiger partial charge in [0.05, 0.1) is 18.3 Å². The van der Waals surface area contributed by atoms with Crippen molar-refractivity contribution in [2.24, 2.45) is 0 Å². The van der Waals surface area contributed by atoms with Crippen LogP contribution in [-0.4, -0.2) is 21.9 Å². The number of amides is 1. The van der Waals surface area contributed by atoms with Crippen LogP contribution in [0.1, 0.15) is 37.1 Å². The number of halogens is 1. The Labute approximate surface area is 211 Å². The number of carbonyl (C=O) groups is 1. The average molecular weight is 479 g/mol. The molecule has 0 N–H and O–H groups in total. The van der Waals surface area contributed by atoms with Crippen LogP contribution in [0.2, 0.25) is 5.02 Å². The molecule has 3 aromatic carbocycles. The van der Waals surface area contributed by atoms with E-state index < -0.39 is 0 Å². The smallest absolute Gasteiger partial charge is 0.247 e. The zero-order valence-corrected chi connectivity index (χ0v) is 20.5. The largest absolute Gasteiger partial charge is 0.331 e. The molecule has 4 aromatic rings. The molecule has 1 atom stereocenters. The molecule has 1 aliphatic rings. The number of hydrogen-bond donors (Lipinski definition) is 0. The van der Waals surface area contributed by atoms with Gasteiger partial charge in [-0.25, -0.2) is 0 Å². The lowest BCUT2D eigenvalue weighted by Gasteiger charge is -2.26. The van der Waals surface area contributed by atoms with Gasteiger partial charge in [0.15, 0.2) is 0 Å². The molecule has 0 radical (unpaired) electrons. The SMILES string of the molecule is CC#CCn1c(C2CCCN2C(=O)C=Cc2ccccc2Cl)c(-c2ccccc2)c2ccccc21. The lowest BCUT2D eigenvalue weighted by Crippen LogP contribution is -2.30. The van der Waals surface area contributed by atoms with Crippen LogP contribution in [0, 0.1) is 11.8 Å². The molecule has 1 aromatic heterocycles. The molecule has 1 fully saturated rings. The number of para-hydroxylation sites is 1. The summed E-state index contributed by atoms with van der Waals surface area (Å²) in [5, 5.41) is 1.83. The highest BCUT2D eigenvalue weighted by Crippen LogP contribution is 2.43. The Kier molecular flexibility index (Phi) is 6.75. The molecule has 1 amide bonds. The third kappa shape index (κ3) is 4.50. The van der Waals surface area contributed by atoms with Crippen molar-refractivity contribution in [3.8, 4) is 23.0 Å². The molecule has 1 aliphatic heterocycles. The number of likely N-dealkylation sites (tertiary alicyclic amines) is 1. The number of rotatable bonds is 5. The van der Waals surface area contributed by atoms with E-state index in [1.54, 1.807) is 6.08 Å². The Hall–Kier alpha value is -3.74. The number of fused-ring (bicyclic) bond motifs is 1. The molecule has 0 aliphatic carbocycles. The maximum absolute atomic E-state index is 13.5. The highest BCUT2D eigenvalue weighted by molar-refractivity contribution is 6.32. The Morgan fingerprint density at radius 3 is 2.57 bits per heavy atom. The van der Waals surface area contributed by atoms with Gasteiger partial charge in [0.1, 0.15) is 0 Å². The first-order chi connectivity index (χ1) is 17.2. The molecule has 0 spiro atoms. The average Bonchev–Trinajstić information content (AvgIpc) is 3.50. The van der Waals surface area contributed by atoms with Crippen LogP contribution < -0.4 is 0 Å². The van der Waals surface area contributed by atoms with Gasteiger partial charge in [-0.3, -0.25) is 4.79 Å². The third-order valence-corrected chi connectivity index (χ3v) is 6.99. The topological polar surface area (TPSA) is 25.2 Å². The Bertz CT molecular complexity index is 1460. The summed E-state index contributed by atoms with van der Waals surface area (Å²) >= 11 is 6.30. The van der Waals surface area contributed by atoms with Crippen molar-refractivity contribution >= 4 is 34.5 Å². The maximum atomic E-state index is 13.5. The van der Waals surface area contributed by atoms with E-state index in [4.69, 9.17) is 11.6 Å². The molecule has 5 rings (SSSR count). The summed E-state index contributed by atoms with van der Waals surface area (Å²) in [6, 6.07) is 26.5. The van der Waals surface area contributed by atoms with E-state index in [2.05, 4.69) is 64.9 Å². The lowest BCUT2D eigenvalue weighted by atomic mass is 9.97. The molecular formula is C31H27ClN2O. The molecule has 0 saturated carbocycles. The molecular weight excluding hydrogens is 452 g/mol. The minimum Gasteiger partial charge on any atom is -0.331 e. The summed E-state index contributed by atoms with van der Waals surface area (Å²) in [5.41, 5.74) is 5.51. The van der Waals surface area contributed by atoms with Crippen molar-refractivity contribution in [2.45, 2.75) is 32.4 Å². The van der Waals surface area contributed by atoms with E-state index in [0.29, 0.717) is 11.6 Å². The number of aromatic nitrogens is 1. The second-order valence-corrected chi connectivity index (χ2v) is 9.11. The van der Waals surface area contributed by atoms with Gasteiger partial charge >= 0.3 is 0 Å². The number of hydrogen-bond acceptors (Lipinski definition) is 1. The zero-order valence-electron chi connectivity index (χ0n) is 19.7. The summed E-state index contributed by atoms with van der Waals surface area (Å²) in [6.07, 6.45) is 5.35. The Morgan fingerprint density at radius 1 is 1.03 bits per heavy atom. The van der Waals surface area contributed by atoms with Crippen LogP contribution in [0.25, 0.3) is 28.1 Å². The Balaban J connectivity index is 1.62. The second-order valence-electron chi connectivity index (χ2n) is 8.70. The van der Waals surface area contributed by atoms with Crippen LogP contribution in [0.5, 0.6) is 0 Å². The Morgan fingerprint density at radius 2 is 1.77 bits per heavy atom. The van der Waals surface area contributed by atoms with Gasteiger partial charge in [-0.15, -0.1) is 5.92 Å². The van der Waals surface area contributed by atoms with Gasteiger partial charge in [-0.2, -0.15) is 0 Å². The molecule has 174 valence electrons. The van der Waals surface area contributed by atoms with Crippen molar-refractivity contribution < 1.29 is 4.79 Å². The molecule has 1 unspecified atom stereocenters. The number of nitrogens with zero attached hydrogens (tertiary/aromatic N) is 2. The van der Waals surface area contributed by atoms with Crippen LogP contribution in [-0.2, 0) is 11.3 Å². The van der Waals surface area contributed by atoms with Crippen LogP contribution >= 0.6 is 11.6 Å². The standard InChI is InChI=1S/C31H27ClN2O/c1-2-3-21-34-27-17-10-8-15-25(27)30(24-13-5-4-6-14-24)31(34)28-18-11-22-33(28)29(35)20-19-23-12-7-9-16-26(23)32/h4-10,12-17,19-20,28H,11,18,21-22H2,1H3.